The number of aromatic nitrogens is 4. The maximum atomic E-state index is 13.9. The second kappa shape index (κ2) is 11.6. The number of hydrogen-bond donors (Lipinski definition) is 1. The third-order valence-electron chi connectivity index (χ3n) is 5.77. The number of carbonyl (C=O) groups excluding carboxylic acids is 1. The number of ether oxygens (including phenoxy) is 1. The summed E-state index contributed by atoms with van der Waals surface area (Å²) in [5.74, 6) is 0.858. The monoisotopic (exact) mass is 516 g/mol. The van der Waals surface area contributed by atoms with E-state index < -0.39 is 11.7 Å². The number of anilines is 1. The van der Waals surface area contributed by atoms with E-state index in [4.69, 9.17) is 9.72 Å². The van der Waals surface area contributed by atoms with Crippen molar-refractivity contribution in [3.8, 4) is 0 Å². The lowest BCUT2D eigenvalue weighted by atomic mass is 10.2. The molecule has 0 saturated carbocycles. The van der Waals surface area contributed by atoms with E-state index in [2.05, 4.69) is 34.0 Å². The SMILES string of the molecule is CC(C)CN(CCCNC(=O)OC(C)(C)C)c1nc2nc3ccccc3nc2c(=O)n1Cc1ccccc1. The van der Waals surface area contributed by atoms with Crippen LogP contribution in [0.25, 0.3) is 22.2 Å². The van der Waals surface area contributed by atoms with Crippen LogP contribution in [-0.4, -0.2) is 50.8 Å². The molecule has 0 unspecified atom stereocenters. The standard InChI is InChI=1S/C29H36N6O3/c1-20(2)18-34(17-11-16-30-28(37)38-29(3,4)5)27-33-25-24(31-22-14-9-10-15-23(22)32-25)26(36)35(27)19-21-12-7-6-8-13-21/h6-10,12-15,20H,11,16-19H2,1-5H3,(H,30,37). The molecule has 1 N–H and O–H groups in total. The van der Waals surface area contributed by atoms with Crippen LogP contribution < -0.4 is 15.8 Å². The Morgan fingerprint density at radius 3 is 2.32 bits per heavy atom. The summed E-state index contributed by atoms with van der Waals surface area (Å²) in [5.41, 5.74) is 2.13. The molecule has 0 fully saturated rings. The number of para-hydroxylation sites is 2. The Labute approximate surface area is 222 Å². The van der Waals surface area contributed by atoms with E-state index in [1.165, 1.54) is 0 Å². The van der Waals surface area contributed by atoms with Crippen molar-refractivity contribution in [2.24, 2.45) is 5.92 Å². The second-order valence-electron chi connectivity index (χ2n) is 10.8. The molecule has 0 aliphatic rings. The summed E-state index contributed by atoms with van der Waals surface area (Å²) >= 11 is 0. The van der Waals surface area contributed by atoms with Crippen molar-refractivity contribution in [1.82, 2.24) is 24.8 Å². The predicted molar refractivity (Wildman–Crippen MR) is 151 cm³/mol. The third-order valence-corrected chi connectivity index (χ3v) is 5.77. The molecule has 38 heavy (non-hydrogen) atoms. The lowest BCUT2D eigenvalue weighted by Crippen LogP contribution is -2.38. The molecule has 4 aromatic rings. The van der Waals surface area contributed by atoms with Gasteiger partial charge < -0.3 is 15.0 Å². The lowest BCUT2D eigenvalue weighted by Gasteiger charge is -2.28. The van der Waals surface area contributed by atoms with E-state index in [9.17, 15) is 9.59 Å². The van der Waals surface area contributed by atoms with Gasteiger partial charge in [-0.15, -0.1) is 0 Å². The van der Waals surface area contributed by atoms with Gasteiger partial charge in [-0.25, -0.2) is 14.8 Å². The van der Waals surface area contributed by atoms with E-state index in [-0.39, 0.29) is 11.1 Å². The fraction of sp³-hybridized carbons (Fsp3) is 0.414. The molecule has 0 spiro atoms. The number of nitrogens with one attached hydrogen (secondary N) is 1. The van der Waals surface area contributed by atoms with Crippen LogP contribution in [0, 0.1) is 5.92 Å². The zero-order valence-electron chi connectivity index (χ0n) is 22.8. The summed E-state index contributed by atoms with van der Waals surface area (Å²) in [6.45, 7) is 11.8. The Morgan fingerprint density at radius 2 is 1.66 bits per heavy atom. The minimum atomic E-state index is -0.554. The first-order chi connectivity index (χ1) is 18.1. The number of carbonyl (C=O) groups is 1. The Morgan fingerprint density at radius 1 is 1.00 bits per heavy atom. The topological polar surface area (TPSA) is 102 Å². The van der Waals surface area contributed by atoms with Gasteiger partial charge in [0.15, 0.2) is 11.2 Å². The van der Waals surface area contributed by atoms with Crippen molar-refractivity contribution in [1.29, 1.82) is 0 Å². The predicted octanol–water partition coefficient (Wildman–Crippen LogP) is 4.77. The van der Waals surface area contributed by atoms with Crippen molar-refractivity contribution < 1.29 is 9.53 Å². The van der Waals surface area contributed by atoms with E-state index in [1.807, 2.05) is 75.4 Å². The molecular weight excluding hydrogens is 480 g/mol. The quantitative estimate of drug-likeness (QED) is 0.253. The van der Waals surface area contributed by atoms with E-state index in [0.29, 0.717) is 61.1 Å². The van der Waals surface area contributed by atoms with Crippen LogP contribution >= 0.6 is 0 Å². The highest BCUT2D eigenvalue weighted by molar-refractivity contribution is 5.84. The molecule has 9 nitrogen and oxygen atoms in total. The molecular formula is C29H36N6O3. The minimum Gasteiger partial charge on any atom is -0.444 e. The van der Waals surface area contributed by atoms with Crippen molar-refractivity contribution in [3.05, 3.63) is 70.5 Å². The van der Waals surface area contributed by atoms with Gasteiger partial charge in [-0.2, -0.15) is 4.98 Å². The molecule has 0 bridgehead atoms. The van der Waals surface area contributed by atoms with Crippen LogP contribution in [0.4, 0.5) is 10.7 Å². The highest BCUT2D eigenvalue weighted by Gasteiger charge is 2.21. The average molecular weight is 517 g/mol. The molecule has 2 aromatic heterocycles. The van der Waals surface area contributed by atoms with Gasteiger partial charge in [0.25, 0.3) is 5.56 Å². The summed E-state index contributed by atoms with van der Waals surface area (Å²) in [6.07, 6.45) is 0.203. The molecule has 0 aliphatic carbocycles. The first kappa shape index (κ1) is 27.0. The zero-order valence-corrected chi connectivity index (χ0v) is 22.8. The highest BCUT2D eigenvalue weighted by atomic mass is 16.6. The number of benzene rings is 2. The summed E-state index contributed by atoms with van der Waals surface area (Å²) in [5, 5.41) is 2.82. The summed E-state index contributed by atoms with van der Waals surface area (Å²) < 4.78 is 7.03. The summed E-state index contributed by atoms with van der Waals surface area (Å²) in [6, 6.07) is 17.3. The second-order valence-corrected chi connectivity index (χ2v) is 10.8. The molecule has 0 saturated heterocycles. The number of rotatable bonds is 9. The van der Waals surface area contributed by atoms with Gasteiger partial charge in [0.05, 0.1) is 17.6 Å². The summed E-state index contributed by atoms with van der Waals surface area (Å²) in [7, 11) is 0. The first-order valence-electron chi connectivity index (χ1n) is 13.0. The van der Waals surface area contributed by atoms with Gasteiger partial charge in [0.2, 0.25) is 5.95 Å². The number of amides is 1. The lowest BCUT2D eigenvalue weighted by molar-refractivity contribution is 0.0527. The van der Waals surface area contributed by atoms with Crippen molar-refractivity contribution in [3.63, 3.8) is 0 Å². The first-order valence-corrected chi connectivity index (χ1v) is 13.0. The maximum Gasteiger partial charge on any atom is 0.407 e. The van der Waals surface area contributed by atoms with Crippen molar-refractivity contribution >= 4 is 34.2 Å². The van der Waals surface area contributed by atoms with Crippen LogP contribution in [0.15, 0.2) is 59.4 Å². The van der Waals surface area contributed by atoms with Crippen LogP contribution in [0.1, 0.15) is 46.6 Å². The maximum absolute atomic E-state index is 13.9. The fourth-order valence-electron chi connectivity index (χ4n) is 4.22. The van der Waals surface area contributed by atoms with Crippen LogP contribution in [0.2, 0.25) is 0 Å². The Kier molecular flexibility index (Phi) is 8.24. The van der Waals surface area contributed by atoms with Gasteiger partial charge >= 0.3 is 6.09 Å². The zero-order chi connectivity index (χ0) is 27.3. The van der Waals surface area contributed by atoms with E-state index in [1.54, 1.807) is 4.57 Å². The molecule has 0 atom stereocenters. The number of hydrogen-bond acceptors (Lipinski definition) is 7. The Balaban J connectivity index is 1.71. The smallest absolute Gasteiger partial charge is 0.407 e. The van der Waals surface area contributed by atoms with Gasteiger partial charge in [0, 0.05) is 19.6 Å². The van der Waals surface area contributed by atoms with Crippen LogP contribution in [0.5, 0.6) is 0 Å². The fourth-order valence-corrected chi connectivity index (χ4v) is 4.22. The highest BCUT2D eigenvalue weighted by Crippen LogP contribution is 2.19. The molecule has 0 radical (unpaired) electrons. The molecule has 2 heterocycles. The molecule has 0 aliphatic heterocycles. The normalized spacial score (nSPS) is 11.7. The van der Waals surface area contributed by atoms with E-state index in [0.717, 1.165) is 5.56 Å². The van der Waals surface area contributed by atoms with Crippen molar-refractivity contribution in [2.75, 3.05) is 24.5 Å². The van der Waals surface area contributed by atoms with Gasteiger partial charge in [0.1, 0.15) is 5.60 Å². The number of alkyl carbamates (subject to hydrolysis) is 1. The minimum absolute atomic E-state index is 0.229. The van der Waals surface area contributed by atoms with E-state index >= 15 is 0 Å². The van der Waals surface area contributed by atoms with Gasteiger partial charge in [-0.3, -0.25) is 9.36 Å². The molecule has 4 rings (SSSR count). The molecule has 1 amide bonds. The van der Waals surface area contributed by atoms with Crippen molar-refractivity contribution in [2.45, 2.75) is 53.2 Å². The number of nitrogens with zero attached hydrogens (tertiary/aromatic N) is 5. The Bertz CT molecular complexity index is 1460. The molecule has 2 aromatic carbocycles. The van der Waals surface area contributed by atoms with Crippen LogP contribution in [-0.2, 0) is 11.3 Å². The molecule has 9 heteroatoms. The van der Waals surface area contributed by atoms with Gasteiger partial charge in [-0.05, 0) is 50.8 Å². The largest absolute Gasteiger partial charge is 0.444 e. The average Bonchev–Trinajstić information content (AvgIpc) is 2.86. The van der Waals surface area contributed by atoms with Crippen LogP contribution in [0.3, 0.4) is 0 Å². The van der Waals surface area contributed by atoms with Gasteiger partial charge in [-0.1, -0.05) is 56.3 Å². The Hall–Kier alpha value is -4.01. The number of fused-ring (bicyclic) bond motifs is 2. The molecule has 200 valence electrons. The summed E-state index contributed by atoms with van der Waals surface area (Å²) in [4.78, 5) is 42.2. The third kappa shape index (κ3) is 6.85.